The lowest BCUT2D eigenvalue weighted by molar-refractivity contribution is 0.137. The molecule has 1 saturated carbocycles. The summed E-state index contributed by atoms with van der Waals surface area (Å²) < 4.78 is 0.102. The highest BCUT2D eigenvalue weighted by molar-refractivity contribution is 14.1. The van der Waals surface area contributed by atoms with E-state index in [1.807, 2.05) is 22.6 Å². The Balaban J connectivity index is 1.73. The standard InChI is InChI=1S/C13H23IN2O/c1-16-8-6-11(7-9-16)10-2-4-12(5-3-10)15-13(14)17/h10-12H,2-9H2,1H3,(H,15,17). The van der Waals surface area contributed by atoms with E-state index in [4.69, 9.17) is 0 Å². The third-order valence-corrected chi connectivity index (χ3v) is 4.83. The Labute approximate surface area is 118 Å². The summed E-state index contributed by atoms with van der Waals surface area (Å²) in [6.07, 6.45) is 7.76. The van der Waals surface area contributed by atoms with E-state index in [0.717, 1.165) is 11.8 Å². The molecule has 4 heteroatoms. The number of carbonyl (C=O) groups is 1. The molecular formula is C13H23IN2O. The number of carbonyl (C=O) groups excluding carboxylic acids is 1. The number of piperidine rings is 1. The van der Waals surface area contributed by atoms with Gasteiger partial charge in [-0.05, 0) is 70.5 Å². The number of rotatable bonds is 2. The van der Waals surface area contributed by atoms with Crippen molar-refractivity contribution in [3.63, 3.8) is 0 Å². The van der Waals surface area contributed by atoms with Gasteiger partial charge in [-0.3, -0.25) is 4.79 Å². The zero-order valence-electron chi connectivity index (χ0n) is 10.6. The van der Waals surface area contributed by atoms with Gasteiger partial charge in [0.25, 0.3) is 3.91 Å². The van der Waals surface area contributed by atoms with Crippen LogP contribution in [0.1, 0.15) is 38.5 Å². The average molecular weight is 350 g/mol. The Morgan fingerprint density at radius 1 is 1.06 bits per heavy atom. The number of nitrogens with one attached hydrogen (secondary N) is 1. The summed E-state index contributed by atoms with van der Waals surface area (Å²) in [4.78, 5) is 13.4. The van der Waals surface area contributed by atoms with Crippen molar-refractivity contribution >= 4 is 26.5 Å². The molecule has 0 aromatic heterocycles. The summed E-state index contributed by atoms with van der Waals surface area (Å²) in [6, 6.07) is 0.446. The fraction of sp³-hybridized carbons (Fsp3) is 0.923. The van der Waals surface area contributed by atoms with E-state index in [2.05, 4.69) is 17.3 Å². The van der Waals surface area contributed by atoms with Crippen molar-refractivity contribution in [2.75, 3.05) is 20.1 Å². The summed E-state index contributed by atoms with van der Waals surface area (Å²) in [7, 11) is 2.23. The minimum Gasteiger partial charge on any atom is -0.345 e. The highest BCUT2D eigenvalue weighted by Gasteiger charge is 2.29. The molecule has 0 bridgehead atoms. The van der Waals surface area contributed by atoms with Crippen molar-refractivity contribution in [3.05, 3.63) is 0 Å². The predicted octanol–water partition coefficient (Wildman–Crippen LogP) is 3.03. The van der Waals surface area contributed by atoms with Crippen LogP contribution in [0, 0.1) is 11.8 Å². The number of hydrogen-bond donors (Lipinski definition) is 1. The van der Waals surface area contributed by atoms with Crippen LogP contribution in [0.3, 0.4) is 0 Å². The molecule has 1 aliphatic carbocycles. The Bertz CT molecular complexity index is 256. The van der Waals surface area contributed by atoms with Crippen molar-refractivity contribution in [2.24, 2.45) is 11.8 Å². The van der Waals surface area contributed by atoms with Gasteiger partial charge in [-0.25, -0.2) is 0 Å². The van der Waals surface area contributed by atoms with E-state index in [9.17, 15) is 4.79 Å². The molecule has 1 saturated heterocycles. The molecule has 0 radical (unpaired) electrons. The zero-order chi connectivity index (χ0) is 12.3. The molecule has 98 valence electrons. The maximum atomic E-state index is 11.0. The second kappa shape index (κ2) is 6.36. The molecule has 0 atom stereocenters. The second-order valence-electron chi connectivity index (χ2n) is 5.67. The van der Waals surface area contributed by atoms with Crippen molar-refractivity contribution in [3.8, 4) is 0 Å². The first-order valence-electron chi connectivity index (χ1n) is 6.79. The Kier molecular flexibility index (Phi) is 5.09. The maximum Gasteiger partial charge on any atom is 0.280 e. The average Bonchev–Trinajstić information content (AvgIpc) is 2.30. The van der Waals surface area contributed by atoms with Gasteiger partial charge in [0, 0.05) is 28.6 Å². The minimum atomic E-state index is 0.102. The van der Waals surface area contributed by atoms with Gasteiger partial charge in [0.05, 0.1) is 0 Å². The normalized spacial score (nSPS) is 32.4. The highest BCUT2D eigenvalue weighted by Crippen LogP contribution is 2.35. The van der Waals surface area contributed by atoms with Crippen LogP contribution < -0.4 is 5.32 Å². The maximum absolute atomic E-state index is 11.0. The molecule has 17 heavy (non-hydrogen) atoms. The third kappa shape index (κ3) is 4.09. The molecule has 1 heterocycles. The van der Waals surface area contributed by atoms with E-state index >= 15 is 0 Å². The quantitative estimate of drug-likeness (QED) is 0.472. The number of amides is 1. The predicted molar refractivity (Wildman–Crippen MR) is 78.5 cm³/mol. The summed E-state index contributed by atoms with van der Waals surface area (Å²) >= 11 is 1.84. The lowest BCUT2D eigenvalue weighted by atomic mass is 9.74. The number of hydrogen-bond acceptors (Lipinski definition) is 2. The SMILES string of the molecule is CN1CCC(C2CCC(NC(=O)I)CC2)CC1. The molecule has 2 rings (SSSR count). The molecule has 0 unspecified atom stereocenters. The molecule has 1 aliphatic heterocycles. The monoisotopic (exact) mass is 350 g/mol. The van der Waals surface area contributed by atoms with Gasteiger partial charge in [0.2, 0.25) is 0 Å². The fourth-order valence-corrected chi connectivity index (χ4v) is 3.84. The molecule has 0 aromatic rings. The molecule has 2 aliphatic rings. The van der Waals surface area contributed by atoms with Crippen LogP contribution in [-0.4, -0.2) is 35.0 Å². The van der Waals surface area contributed by atoms with E-state index in [1.165, 1.54) is 51.6 Å². The van der Waals surface area contributed by atoms with Crippen LogP contribution in [0.4, 0.5) is 4.79 Å². The van der Waals surface area contributed by atoms with Gasteiger partial charge in [-0.2, -0.15) is 0 Å². The van der Waals surface area contributed by atoms with E-state index < -0.39 is 0 Å². The lowest BCUT2D eigenvalue weighted by Gasteiger charge is -2.38. The topological polar surface area (TPSA) is 32.3 Å². The molecule has 1 amide bonds. The first-order chi connectivity index (χ1) is 8.15. The van der Waals surface area contributed by atoms with Crippen molar-refractivity contribution < 1.29 is 4.79 Å². The van der Waals surface area contributed by atoms with Gasteiger partial charge in [0.1, 0.15) is 0 Å². The van der Waals surface area contributed by atoms with Crippen LogP contribution in [-0.2, 0) is 0 Å². The number of nitrogens with zero attached hydrogens (tertiary/aromatic N) is 1. The van der Waals surface area contributed by atoms with Gasteiger partial charge in [-0.1, -0.05) is 0 Å². The largest absolute Gasteiger partial charge is 0.345 e. The summed E-state index contributed by atoms with van der Waals surface area (Å²) in [5.41, 5.74) is 0. The highest BCUT2D eigenvalue weighted by atomic mass is 127. The Hall–Kier alpha value is 0.160. The third-order valence-electron chi connectivity index (χ3n) is 4.52. The van der Waals surface area contributed by atoms with Gasteiger partial charge < -0.3 is 10.2 Å². The van der Waals surface area contributed by atoms with E-state index in [0.29, 0.717) is 6.04 Å². The van der Waals surface area contributed by atoms with Crippen LogP contribution in [0.2, 0.25) is 0 Å². The van der Waals surface area contributed by atoms with Gasteiger partial charge in [0.15, 0.2) is 0 Å². The Morgan fingerprint density at radius 2 is 1.59 bits per heavy atom. The Morgan fingerprint density at radius 3 is 2.12 bits per heavy atom. The van der Waals surface area contributed by atoms with Crippen LogP contribution in [0.15, 0.2) is 0 Å². The first-order valence-corrected chi connectivity index (χ1v) is 7.87. The minimum absolute atomic E-state index is 0.102. The molecule has 1 N–H and O–H groups in total. The van der Waals surface area contributed by atoms with Gasteiger partial charge in [-0.15, -0.1) is 0 Å². The van der Waals surface area contributed by atoms with Crippen LogP contribution >= 0.6 is 22.6 Å². The smallest absolute Gasteiger partial charge is 0.280 e. The lowest BCUT2D eigenvalue weighted by Crippen LogP contribution is -2.38. The van der Waals surface area contributed by atoms with E-state index in [1.54, 1.807) is 0 Å². The summed E-state index contributed by atoms with van der Waals surface area (Å²) in [5.74, 6) is 1.87. The second-order valence-corrected chi connectivity index (χ2v) is 6.65. The van der Waals surface area contributed by atoms with Gasteiger partial charge >= 0.3 is 0 Å². The first kappa shape index (κ1) is 13.6. The summed E-state index contributed by atoms with van der Waals surface area (Å²) in [6.45, 7) is 2.55. The van der Waals surface area contributed by atoms with Crippen LogP contribution in [0.5, 0.6) is 0 Å². The van der Waals surface area contributed by atoms with Crippen LogP contribution in [0.25, 0.3) is 0 Å². The fourth-order valence-electron chi connectivity index (χ4n) is 3.40. The van der Waals surface area contributed by atoms with Crippen molar-refractivity contribution in [1.82, 2.24) is 10.2 Å². The molecule has 0 spiro atoms. The zero-order valence-corrected chi connectivity index (χ0v) is 12.8. The van der Waals surface area contributed by atoms with Crippen molar-refractivity contribution in [1.29, 1.82) is 0 Å². The molecule has 0 aromatic carbocycles. The van der Waals surface area contributed by atoms with E-state index in [-0.39, 0.29) is 3.91 Å². The molecule has 3 nitrogen and oxygen atoms in total. The number of likely N-dealkylation sites (tertiary alicyclic amines) is 1. The molecular weight excluding hydrogens is 327 g/mol. The molecule has 2 fully saturated rings. The number of halogens is 1. The summed E-state index contributed by atoms with van der Waals surface area (Å²) in [5, 5.41) is 3.05. The van der Waals surface area contributed by atoms with Crippen molar-refractivity contribution in [2.45, 2.75) is 44.6 Å².